The van der Waals surface area contributed by atoms with Crippen molar-refractivity contribution in [1.82, 2.24) is 10.6 Å². The lowest BCUT2D eigenvalue weighted by molar-refractivity contribution is -0.131. The topological polar surface area (TPSA) is 59.6 Å². The molecule has 1 fully saturated rings. The van der Waals surface area contributed by atoms with Crippen molar-refractivity contribution in [1.29, 1.82) is 0 Å². The molecule has 5 nitrogen and oxygen atoms in total. The maximum Gasteiger partial charge on any atom is 0.264 e. The smallest absolute Gasteiger partial charge is 0.264 e. The Balaban J connectivity index is 1.64. The predicted octanol–water partition coefficient (Wildman–Crippen LogP) is 2.25. The van der Waals surface area contributed by atoms with Crippen molar-refractivity contribution in [3.05, 3.63) is 24.3 Å². The monoisotopic (exact) mass is 318 g/mol. The molecule has 0 radical (unpaired) electrons. The second-order valence-corrected chi connectivity index (χ2v) is 7.87. The largest absolute Gasteiger partial charge is 0.485 e. The van der Waals surface area contributed by atoms with Gasteiger partial charge in [-0.05, 0) is 52.7 Å². The second-order valence-electron chi connectivity index (χ2n) is 7.87. The van der Waals surface area contributed by atoms with Gasteiger partial charge in [0.05, 0.1) is 0 Å². The van der Waals surface area contributed by atoms with Crippen molar-refractivity contribution in [2.24, 2.45) is 0 Å². The SMILES string of the molecule is CC1(C)CC(NC(=O)C2COc3ccccc3O2)CC(C)(C)N1. The van der Waals surface area contributed by atoms with Gasteiger partial charge in [0.25, 0.3) is 5.91 Å². The Kier molecular flexibility index (Phi) is 4.00. The molecule has 1 aromatic rings. The molecule has 0 saturated carbocycles. The highest BCUT2D eigenvalue weighted by molar-refractivity contribution is 5.82. The zero-order valence-electron chi connectivity index (χ0n) is 14.3. The predicted molar refractivity (Wildman–Crippen MR) is 88.8 cm³/mol. The van der Waals surface area contributed by atoms with Crippen LogP contribution in [0.15, 0.2) is 24.3 Å². The van der Waals surface area contributed by atoms with E-state index in [0.717, 1.165) is 12.8 Å². The molecule has 0 aliphatic carbocycles. The Morgan fingerprint density at radius 2 is 1.74 bits per heavy atom. The first-order valence-corrected chi connectivity index (χ1v) is 8.22. The lowest BCUT2D eigenvalue weighted by atomic mass is 9.79. The molecule has 1 atom stereocenters. The summed E-state index contributed by atoms with van der Waals surface area (Å²) in [5, 5.41) is 6.77. The fourth-order valence-electron chi connectivity index (χ4n) is 3.87. The number of hydrogen-bond donors (Lipinski definition) is 2. The van der Waals surface area contributed by atoms with Crippen LogP contribution < -0.4 is 20.1 Å². The summed E-state index contributed by atoms with van der Waals surface area (Å²) in [4.78, 5) is 12.6. The molecule has 5 heteroatoms. The Bertz CT molecular complexity index is 582. The van der Waals surface area contributed by atoms with Crippen molar-refractivity contribution < 1.29 is 14.3 Å². The van der Waals surface area contributed by atoms with Crippen molar-refractivity contribution in [2.45, 2.75) is 63.8 Å². The molecular weight excluding hydrogens is 292 g/mol. The lowest BCUT2D eigenvalue weighted by Crippen LogP contribution is -2.63. The Morgan fingerprint density at radius 3 is 2.39 bits per heavy atom. The summed E-state index contributed by atoms with van der Waals surface area (Å²) >= 11 is 0. The number of amides is 1. The number of nitrogens with one attached hydrogen (secondary N) is 2. The van der Waals surface area contributed by atoms with Crippen LogP contribution in [0.5, 0.6) is 11.5 Å². The summed E-state index contributed by atoms with van der Waals surface area (Å²) in [5.74, 6) is 1.23. The van der Waals surface area contributed by atoms with Gasteiger partial charge >= 0.3 is 0 Å². The second kappa shape index (κ2) is 5.71. The van der Waals surface area contributed by atoms with E-state index >= 15 is 0 Å². The first kappa shape index (κ1) is 16.1. The minimum absolute atomic E-state index is 0.00375. The number of fused-ring (bicyclic) bond motifs is 1. The summed E-state index contributed by atoms with van der Waals surface area (Å²) in [5.41, 5.74) is -0.00750. The van der Waals surface area contributed by atoms with Gasteiger partial charge in [-0.1, -0.05) is 12.1 Å². The molecule has 2 aliphatic rings. The molecule has 2 heterocycles. The van der Waals surface area contributed by atoms with E-state index in [-0.39, 0.29) is 29.6 Å². The molecule has 1 saturated heterocycles. The van der Waals surface area contributed by atoms with Crippen molar-refractivity contribution >= 4 is 5.91 Å². The van der Waals surface area contributed by atoms with Gasteiger partial charge in [-0.3, -0.25) is 4.79 Å². The van der Waals surface area contributed by atoms with E-state index in [1.807, 2.05) is 24.3 Å². The van der Waals surface area contributed by atoms with E-state index in [1.165, 1.54) is 0 Å². The highest BCUT2D eigenvalue weighted by atomic mass is 16.6. The molecule has 3 rings (SSSR count). The molecular formula is C18H26N2O3. The number of piperidine rings is 1. The lowest BCUT2D eigenvalue weighted by Gasteiger charge is -2.46. The van der Waals surface area contributed by atoms with Crippen LogP contribution in [-0.2, 0) is 4.79 Å². The number of para-hydroxylation sites is 2. The summed E-state index contributed by atoms with van der Waals surface area (Å²) in [7, 11) is 0. The Morgan fingerprint density at radius 1 is 1.13 bits per heavy atom. The summed E-state index contributed by atoms with van der Waals surface area (Å²) in [6.45, 7) is 8.93. The third kappa shape index (κ3) is 3.78. The average molecular weight is 318 g/mol. The molecule has 0 aromatic heterocycles. The van der Waals surface area contributed by atoms with Crippen LogP contribution in [0.1, 0.15) is 40.5 Å². The van der Waals surface area contributed by atoms with Crippen LogP contribution in [-0.4, -0.2) is 35.7 Å². The average Bonchev–Trinajstić information content (AvgIpc) is 2.43. The normalized spacial score (nSPS) is 25.7. The van der Waals surface area contributed by atoms with Crippen LogP contribution in [0.25, 0.3) is 0 Å². The van der Waals surface area contributed by atoms with Crippen LogP contribution in [0.4, 0.5) is 0 Å². The molecule has 23 heavy (non-hydrogen) atoms. The van der Waals surface area contributed by atoms with E-state index in [2.05, 4.69) is 38.3 Å². The van der Waals surface area contributed by atoms with Gasteiger partial charge in [-0.25, -0.2) is 0 Å². The zero-order valence-corrected chi connectivity index (χ0v) is 14.3. The van der Waals surface area contributed by atoms with Gasteiger partial charge in [0.1, 0.15) is 6.61 Å². The molecule has 0 spiro atoms. The molecule has 1 aromatic carbocycles. The van der Waals surface area contributed by atoms with Gasteiger partial charge < -0.3 is 20.1 Å². The molecule has 1 unspecified atom stereocenters. The highest BCUT2D eigenvalue weighted by Gasteiger charge is 2.39. The first-order valence-electron chi connectivity index (χ1n) is 8.22. The van der Waals surface area contributed by atoms with Gasteiger partial charge in [0.15, 0.2) is 11.5 Å². The molecule has 2 N–H and O–H groups in total. The molecule has 1 amide bonds. The fraction of sp³-hybridized carbons (Fsp3) is 0.611. The summed E-state index contributed by atoms with van der Waals surface area (Å²) in [6, 6.07) is 7.57. The van der Waals surface area contributed by atoms with Gasteiger partial charge in [-0.2, -0.15) is 0 Å². The minimum Gasteiger partial charge on any atom is -0.485 e. The number of rotatable bonds is 2. The summed E-state index contributed by atoms with van der Waals surface area (Å²) < 4.78 is 11.4. The summed E-state index contributed by atoms with van der Waals surface area (Å²) in [6.07, 6.45) is 1.20. The third-order valence-electron chi connectivity index (χ3n) is 4.34. The van der Waals surface area contributed by atoms with Crippen LogP contribution in [0, 0.1) is 0 Å². The van der Waals surface area contributed by atoms with Crippen molar-refractivity contribution in [3.8, 4) is 11.5 Å². The maximum atomic E-state index is 12.6. The van der Waals surface area contributed by atoms with E-state index in [0.29, 0.717) is 11.5 Å². The zero-order chi connectivity index (χ0) is 16.7. The van der Waals surface area contributed by atoms with Gasteiger partial charge in [-0.15, -0.1) is 0 Å². The standard InChI is InChI=1S/C18H26N2O3/c1-17(2)9-12(10-18(3,4)20-17)19-16(21)15-11-22-13-7-5-6-8-14(13)23-15/h5-8,12,15,20H,9-11H2,1-4H3,(H,19,21). The minimum atomic E-state index is -0.592. The van der Waals surface area contributed by atoms with Crippen LogP contribution in [0.3, 0.4) is 0 Å². The Hall–Kier alpha value is -1.75. The molecule has 126 valence electrons. The number of carbonyl (C=O) groups is 1. The maximum absolute atomic E-state index is 12.6. The number of benzene rings is 1. The number of carbonyl (C=O) groups excluding carboxylic acids is 1. The van der Waals surface area contributed by atoms with Crippen molar-refractivity contribution in [2.75, 3.05) is 6.61 Å². The first-order chi connectivity index (χ1) is 10.7. The molecule has 0 bridgehead atoms. The fourth-order valence-corrected chi connectivity index (χ4v) is 3.87. The van der Waals surface area contributed by atoms with Crippen molar-refractivity contribution in [3.63, 3.8) is 0 Å². The molecule has 2 aliphatic heterocycles. The quantitative estimate of drug-likeness (QED) is 0.878. The number of hydrogen-bond acceptors (Lipinski definition) is 4. The van der Waals surface area contributed by atoms with Gasteiger partial charge in [0, 0.05) is 17.1 Å². The highest BCUT2D eigenvalue weighted by Crippen LogP contribution is 2.32. The van der Waals surface area contributed by atoms with E-state index in [4.69, 9.17) is 9.47 Å². The van der Waals surface area contributed by atoms with E-state index in [1.54, 1.807) is 0 Å². The van der Waals surface area contributed by atoms with Crippen LogP contribution in [0.2, 0.25) is 0 Å². The Labute approximate surface area is 137 Å². The third-order valence-corrected chi connectivity index (χ3v) is 4.34. The van der Waals surface area contributed by atoms with E-state index in [9.17, 15) is 4.79 Å². The van der Waals surface area contributed by atoms with Gasteiger partial charge in [0.2, 0.25) is 6.10 Å². The number of ether oxygens (including phenoxy) is 2. The van der Waals surface area contributed by atoms with Crippen LogP contribution >= 0.6 is 0 Å². The van der Waals surface area contributed by atoms with E-state index < -0.39 is 6.10 Å².